The molecular formula is C32H33N5O4S. The van der Waals surface area contributed by atoms with Crippen LogP contribution in [-0.4, -0.2) is 52.2 Å². The van der Waals surface area contributed by atoms with Gasteiger partial charge in [0, 0.05) is 36.2 Å². The van der Waals surface area contributed by atoms with Gasteiger partial charge in [0.05, 0.1) is 43.2 Å². The number of aryl methyl sites for hydroxylation is 1. The summed E-state index contributed by atoms with van der Waals surface area (Å²) in [4.78, 5) is 32.0. The number of thiocarbonyl (C=S) groups is 1. The van der Waals surface area contributed by atoms with Crippen molar-refractivity contribution < 1.29 is 19.1 Å². The van der Waals surface area contributed by atoms with Crippen molar-refractivity contribution in [3.05, 3.63) is 107 Å². The number of nitrogens with zero attached hydrogens (tertiary/aromatic N) is 3. The first-order valence-electron chi connectivity index (χ1n) is 13.6. The highest BCUT2D eigenvalue weighted by Gasteiger charge is 2.41. The van der Waals surface area contributed by atoms with E-state index in [9.17, 15) is 9.59 Å². The van der Waals surface area contributed by atoms with E-state index in [1.807, 2.05) is 61.5 Å². The first-order chi connectivity index (χ1) is 20.3. The van der Waals surface area contributed by atoms with Gasteiger partial charge in [0.2, 0.25) is 5.91 Å². The number of carbonyl (C=O) groups is 2. The Morgan fingerprint density at radius 2 is 1.81 bits per heavy atom. The maximum Gasteiger partial charge on any atom is 0.337 e. The molecule has 216 valence electrons. The molecule has 2 N–H and O–H groups in total. The van der Waals surface area contributed by atoms with E-state index in [4.69, 9.17) is 21.7 Å². The average molecular weight is 584 g/mol. The Balaban J connectivity index is 1.48. The standard InChI is InChI=1S/C32H33N5O4S/c1-20-18-24(21(2)37(20)23-11-9-10-22(19-23)31(39)41-4)30-29(26-13-7-8-16-33-26)35-32(42)36(30)17-15-28(38)34-25-12-5-6-14-27(25)40-3/h5-14,16,18-19,29-30H,15,17H2,1-4H3,(H,34,38)(H,35,42)/t29-,30+/m1/s1. The van der Waals surface area contributed by atoms with Gasteiger partial charge in [-0.3, -0.25) is 9.78 Å². The second-order valence-electron chi connectivity index (χ2n) is 10.0. The number of ether oxygens (including phenoxy) is 2. The Bertz CT molecular complexity index is 1620. The largest absolute Gasteiger partial charge is 0.495 e. The summed E-state index contributed by atoms with van der Waals surface area (Å²) in [6, 6.07) is 22.2. The van der Waals surface area contributed by atoms with Gasteiger partial charge >= 0.3 is 5.97 Å². The average Bonchev–Trinajstić information content (AvgIpc) is 3.50. The van der Waals surface area contributed by atoms with Crippen LogP contribution in [0.4, 0.5) is 5.69 Å². The number of para-hydroxylation sites is 2. The lowest BCUT2D eigenvalue weighted by Crippen LogP contribution is -2.33. The summed E-state index contributed by atoms with van der Waals surface area (Å²) in [5.41, 5.74) is 5.83. The molecule has 5 rings (SSSR count). The molecule has 0 radical (unpaired) electrons. The van der Waals surface area contributed by atoms with Gasteiger partial charge in [-0.2, -0.15) is 0 Å². The fourth-order valence-electron chi connectivity index (χ4n) is 5.54. The van der Waals surface area contributed by atoms with E-state index in [-0.39, 0.29) is 24.4 Å². The molecule has 0 bridgehead atoms. The molecule has 2 aromatic heterocycles. The number of carbonyl (C=O) groups excluding carboxylic acids is 2. The van der Waals surface area contributed by atoms with Gasteiger partial charge in [-0.15, -0.1) is 0 Å². The van der Waals surface area contributed by atoms with Crippen LogP contribution in [0.5, 0.6) is 5.75 Å². The Kier molecular flexibility index (Phi) is 8.53. The molecule has 1 amide bonds. The van der Waals surface area contributed by atoms with Crippen LogP contribution in [0.25, 0.3) is 5.69 Å². The molecule has 10 heteroatoms. The second kappa shape index (κ2) is 12.4. The highest BCUT2D eigenvalue weighted by Crippen LogP contribution is 2.41. The van der Waals surface area contributed by atoms with Gasteiger partial charge in [-0.25, -0.2) is 4.79 Å². The number of hydrogen-bond donors (Lipinski definition) is 2. The van der Waals surface area contributed by atoms with Gasteiger partial charge in [-0.1, -0.05) is 24.3 Å². The van der Waals surface area contributed by atoms with E-state index in [0.29, 0.717) is 28.7 Å². The zero-order valence-electron chi connectivity index (χ0n) is 24.0. The van der Waals surface area contributed by atoms with Gasteiger partial charge in [0.25, 0.3) is 0 Å². The van der Waals surface area contributed by atoms with Crippen LogP contribution in [0, 0.1) is 13.8 Å². The number of benzene rings is 2. The smallest absolute Gasteiger partial charge is 0.337 e. The summed E-state index contributed by atoms with van der Waals surface area (Å²) in [5, 5.41) is 6.97. The lowest BCUT2D eigenvalue weighted by Gasteiger charge is -2.28. The SMILES string of the molecule is COC(=O)c1cccc(-n2c(C)cc([C@H]3[C@@H](c4ccccn4)NC(=S)N3CCC(=O)Nc3ccccc3OC)c2C)c1. The topological polar surface area (TPSA) is 97.7 Å². The van der Waals surface area contributed by atoms with Crippen LogP contribution >= 0.6 is 12.2 Å². The van der Waals surface area contributed by atoms with Crippen molar-refractivity contribution in [3.8, 4) is 11.4 Å². The predicted octanol–water partition coefficient (Wildman–Crippen LogP) is 5.29. The zero-order valence-corrected chi connectivity index (χ0v) is 24.8. The third-order valence-electron chi connectivity index (χ3n) is 7.47. The third-order valence-corrected chi connectivity index (χ3v) is 7.83. The number of esters is 1. The van der Waals surface area contributed by atoms with E-state index in [0.717, 1.165) is 28.3 Å². The number of pyridine rings is 1. The van der Waals surface area contributed by atoms with Crippen molar-refractivity contribution in [2.75, 3.05) is 26.1 Å². The minimum absolute atomic E-state index is 0.146. The van der Waals surface area contributed by atoms with Crippen molar-refractivity contribution in [3.63, 3.8) is 0 Å². The zero-order chi connectivity index (χ0) is 29.8. The molecule has 0 saturated carbocycles. The monoisotopic (exact) mass is 583 g/mol. The molecule has 2 aromatic carbocycles. The molecule has 1 fully saturated rings. The van der Waals surface area contributed by atoms with Crippen LogP contribution in [0.1, 0.15) is 51.5 Å². The van der Waals surface area contributed by atoms with Crippen LogP contribution < -0.4 is 15.4 Å². The summed E-state index contributed by atoms with van der Waals surface area (Å²) in [5.74, 6) is 0.0612. The molecule has 0 aliphatic carbocycles. The number of hydrogen-bond acceptors (Lipinski definition) is 6. The maximum absolute atomic E-state index is 13.0. The summed E-state index contributed by atoms with van der Waals surface area (Å²) in [6.45, 7) is 4.47. The molecule has 1 aliphatic rings. The van der Waals surface area contributed by atoms with Crippen LogP contribution in [0.15, 0.2) is 79.0 Å². The van der Waals surface area contributed by atoms with Crippen LogP contribution in [0.2, 0.25) is 0 Å². The third kappa shape index (κ3) is 5.71. The van der Waals surface area contributed by atoms with Gasteiger partial charge < -0.3 is 29.6 Å². The number of nitrogens with one attached hydrogen (secondary N) is 2. The fraction of sp³-hybridized carbons (Fsp3) is 0.250. The minimum atomic E-state index is -0.391. The highest BCUT2D eigenvalue weighted by molar-refractivity contribution is 7.80. The Morgan fingerprint density at radius 1 is 1.02 bits per heavy atom. The van der Waals surface area contributed by atoms with E-state index >= 15 is 0 Å². The number of anilines is 1. The summed E-state index contributed by atoms with van der Waals surface area (Å²) >= 11 is 5.83. The number of rotatable bonds is 9. The van der Waals surface area contributed by atoms with Gasteiger partial charge in [-0.05, 0) is 80.2 Å². The maximum atomic E-state index is 13.0. The Hall–Kier alpha value is -4.70. The lowest BCUT2D eigenvalue weighted by molar-refractivity contribution is -0.116. The molecule has 1 aliphatic heterocycles. The molecule has 9 nitrogen and oxygen atoms in total. The van der Waals surface area contributed by atoms with Crippen LogP contribution in [-0.2, 0) is 9.53 Å². The van der Waals surface area contributed by atoms with Crippen molar-refractivity contribution >= 4 is 34.9 Å². The van der Waals surface area contributed by atoms with E-state index in [1.165, 1.54) is 7.11 Å². The first-order valence-corrected chi connectivity index (χ1v) is 14.0. The van der Waals surface area contributed by atoms with Gasteiger partial charge in [0.15, 0.2) is 5.11 Å². The molecule has 1 saturated heterocycles. The summed E-state index contributed by atoms with van der Waals surface area (Å²) in [6.07, 6.45) is 1.98. The molecule has 2 atom stereocenters. The number of methoxy groups -OCH3 is 2. The van der Waals surface area contributed by atoms with Crippen molar-refractivity contribution in [1.29, 1.82) is 0 Å². The van der Waals surface area contributed by atoms with Crippen LogP contribution in [0.3, 0.4) is 0 Å². The second-order valence-corrected chi connectivity index (χ2v) is 10.4. The highest BCUT2D eigenvalue weighted by atomic mass is 32.1. The van der Waals surface area contributed by atoms with E-state index < -0.39 is 5.97 Å². The summed E-state index contributed by atoms with van der Waals surface area (Å²) in [7, 11) is 2.95. The Labute approximate surface area is 250 Å². The fourth-order valence-corrected chi connectivity index (χ4v) is 5.87. The molecule has 4 aromatic rings. The number of aromatic nitrogens is 2. The van der Waals surface area contributed by atoms with Crippen molar-refractivity contribution in [2.24, 2.45) is 0 Å². The Morgan fingerprint density at radius 3 is 2.55 bits per heavy atom. The lowest BCUT2D eigenvalue weighted by atomic mass is 9.96. The molecule has 0 spiro atoms. The first kappa shape index (κ1) is 28.8. The molecular weight excluding hydrogens is 550 g/mol. The van der Waals surface area contributed by atoms with E-state index in [1.54, 1.807) is 25.4 Å². The molecule has 0 unspecified atom stereocenters. The molecule has 42 heavy (non-hydrogen) atoms. The predicted molar refractivity (Wildman–Crippen MR) is 165 cm³/mol. The van der Waals surface area contributed by atoms with Crippen molar-refractivity contribution in [2.45, 2.75) is 32.4 Å². The quantitative estimate of drug-likeness (QED) is 0.203. The van der Waals surface area contributed by atoms with Crippen molar-refractivity contribution in [1.82, 2.24) is 19.8 Å². The summed E-state index contributed by atoms with van der Waals surface area (Å²) < 4.78 is 12.4. The number of amides is 1. The van der Waals surface area contributed by atoms with E-state index in [2.05, 4.69) is 38.1 Å². The normalized spacial score (nSPS) is 16.2. The minimum Gasteiger partial charge on any atom is -0.495 e. The van der Waals surface area contributed by atoms with Gasteiger partial charge in [0.1, 0.15) is 5.75 Å². The molecule has 3 heterocycles.